The minimum absolute atomic E-state index is 0.223. The fraction of sp³-hybridized carbons (Fsp3) is 0.615. The van der Waals surface area contributed by atoms with Crippen LogP contribution in [0.1, 0.15) is 32.6 Å². The van der Waals surface area contributed by atoms with Gasteiger partial charge in [0.1, 0.15) is 11.7 Å². The first-order valence-electron chi connectivity index (χ1n) is 6.17. The van der Waals surface area contributed by atoms with Crippen LogP contribution in [0, 0.1) is 0 Å². The van der Waals surface area contributed by atoms with Gasteiger partial charge in [0.05, 0.1) is 11.8 Å². The molecular formula is C13H22N2O4. The first kappa shape index (κ1) is 15.7. The fourth-order valence-electron chi connectivity index (χ4n) is 1.63. The summed E-state index contributed by atoms with van der Waals surface area (Å²) in [5.74, 6) is 0. The summed E-state index contributed by atoms with van der Waals surface area (Å²) in [6.07, 6.45) is -1.24. The SMILES string of the molecule is CNCC(O)C(O)c1cccn1C(=O)OC(C)(C)C. The summed E-state index contributed by atoms with van der Waals surface area (Å²) < 4.78 is 6.43. The van der Waals surface area contributed by atoms with Gasteiger partial charge < -0.3 is 20.3 Å². The van der Waals surface area contributed by atoms with Gasteiger partial charge in [0.2, 0.25) is 0 Å². The highest BCUT2D eigenvalue weighted by Crippen LogP contribution is 2.19. The van der Waals surface area contributed by atoms with Crippen molar-refractivity contribution >= 4 is 6.09 Å². The van der Waals surface area contributed by atoms with Gasteiger partial charge in [-0.2, -0.15) is 0 Å². The lowest BCUT2D eigenvalue weighted by Crippen LogP contribution is -2.33. The van der Waals surface area contributed by atoms with Crippen LogP contribution >= 0.6 is 0 Å². The third-order valence-corrected chi connectivity index (χ3v) is 2.45. The highest BCUT2D eigenvalue weighted by atomic mass is 16.6. The summed E-state index contributed by atoms with van der Waals surface area (Å²) in [5.41, 5.74) is -0.315. The number of carbonyl (C=O) groups excluding carboxylic acids is 1. The molecule has 108 valence electrons. The highest BCUT2D eigenvalue weighted by molar-refractivity contribution is 5.72. The Kier molecular flexibility index (Phi) is 5.11. The number of aliphatic hydroxyl groups is 2. The highest BCUT2D eigenvalue weighted by Gasteiger charge is 2.25. The van der Waals surface area contributed by atoms with E-state index in [4.69, 9.17) is 4.74 Å². The molecule has 2 unspecified atom stereocenters. The van der Waals surface area contributed by atoms with E-state index in [0.717, 1.165) is 0 Å². The van der Waals surface area contributed by atoms with Gasteiger partial charge in [-0.25, -0.2) is 4.79 Å². The molecule has 2 atom stereocenters. The van der Waals surface area contributed by atoms with E-state index in [-0.39, 0.29) is 6.54 Å². The summed E-state index contributed by atoms with van der Waals surface area (Å²) >= 11 is 0. The summed E-state index contributed by atoms with van der Waals surface area (Å²) in [6, 6.07) is 3.20. The molecule has 0 aliphatic heterocycles. The van der Waals surface area contributed by atoms with Crippen LogP contribution in [-0.4, -0.2) is 46.2 Å². The van der Waals surface area contributed by atoms with Crippen molar-refractivity contribution in [2.24, 2.45) is 0 Å². The Morgan fingerprint density at radius 2 is 2.11 bits per heavy atom. The van der Waals surface area contributed by atoms with Crippen LogP contribution in [0.2, 0.25) is 0 Å². The maximum absolute atomic E-state index is 12.0. The van der Waals surface area contributed by atoms with Crippen LogP contribution in [0.25, 0.3) is 0 Å². The number of nitrogens with one attached hydrogen (secondary N) is 1. The van der Waals surface area contributed by atoms with Crippen molar-refractivity contribution in [1.29, 1.82) is 0 Å². The molecule has 0 spiro atoms. The van der Waals surface area contributed by atoms with Crippen LogP contribution in [0.4, 0.5) is 4.79 Å². The van der Waals surface area contributed by atoms with E-state index >= 15 is 0 Å². The third-order valence-electron chi connectivity index (χ3n) is 2.45. The van der Waals surface area contributed by atoms with Crippen molar-refractivity contribution in [3.05, 3.63) is 24.0 Å². The van der Waals surface area contributed by atoms with Crippen molar-refractivity contribution < 1.29 is 19.7 Å². The molecule has 0 amide bonds. The smallest absolute Gasteiger partial charge is 0.418 e. The quantitative estimate of drug-likeness (QED) is 0.756. The van der Waals surface area contributed by atoms with Gasteiger partial charge in [-0.1, -0.05) is 0 Å². The summed E-state index contributed by atoms with van der Waals surface area (Å²) in [4.78, 5) is 12.0. The lowest BCUT2D eigenvalue weighted by Gasteiger charge is -2.23. The van der Waals surface area contributed by atoms with Crippen LogP contribution in [-0.2, 0) is 4.74 Å². The predicted octanol–water partition coefficient (Wildman–Crippen LogP) is 0.885. The Morgan fingerprint density at radius 3 is 2.63 bits per heavy atom. The largest absolute Gasteiger partial charge is 0.443 e. The Hall–Kier alpha value is -1.37. The lowest BCUT2D eigenvalue weighted by molar-refractivity contribution is 0.0130. The van der Waals surface area contributed by atoms with Gasteiger partial charge in [-0.15, -0.1) is 0 Å². The van der Waals surface area contributed by atoms with Crippen LogP contribution in [0.5, 0.6) is 0 Å². The van der Waals surface area contributed by atoms with Gasteiger partial charge >= 0.3 is 6.09 Å². The van der Waals surface area contributed by atoms with E-state index in [0.29, 0.717) is 5.69 Å². The van der Waals surface area contributed by atoms with E-state index in [1.165, 1.54) is 10.8 Å². The van der Waals surface area contributed by atoms with Crippen molar-refractivity contribution in [1.82, 2.24) is 9.88 Å². The Labute approximate surface area is 113 Å². The Bertz CT molecular complexity index is 423. The van der Waals surface area contributed by atoms with Crippen molar-refractivity contribution in [3.8, 4) is 0 Å². The zero-order valence-electron chi connectivity index (χ0n) is 11.8. The molecule has 1 heterocycles. The Balaban J connectivity index is 2.88. The molecule has 1 rings (SSSR count). The average Bonchev–Trinajstić information content (AvgIpc) is 2.74. The average molecular weight is 270 g/mol. The zero-order chi connectivity index (χ0) is 14.6. The van der Waals surface area contributed by atoms with Gasteiger partial charge in [0.15, 0.2) is 0 Å². The number of ether oxygens (including phenoxy) is 1. The van der Waals surface area contributed by atoms with Gasteiger partial charge in [-0.05, 0) is 40.0 Å². The van der Waals surface area contributed by atoms with Crippen molar-refractivity contribution in [3.63, 3.8) is 0 Å². The molecular weight excluding hydrogens is 248 g/mol. The maximum Gasteiger partial charge on any atom is 0.418 e. The van der Waals surface area contributed by atoms with E-state index in [2.05, 4.69) is 5.32 Å². The summed E-state index contributed by atoms with van der Waals surface area (Å²) in [7, 11) is 1.67. The molecule has 3 N–H and O–H groups in total. The number of rotatable bonds is 4. The second-order valence-corrected chi connectivity index (χ2v) is 5.35. The minimum Gasteiger partial charge on any atom is -0.443 e. The van der Waals surface area contributed by atoms with E-state index in [9.17, 15) is 15.0 Å². The number of aliphatic hydroxyl groups excluding tert-OH is 2. The van der Waals surface area contributed by atoms with Crippen LogP contribution in [0.3, 0.4) is 0 Å². The molecule has 1 aromatic rings. The number of hydrogen-bond acceptors (Lipinski definition) is 5. The molecule has 19 heavy (non-hydrogen) atoms. The van der Waals surface area contributed by atoms with Gasteiger partial charge in [0.25, 0.3) is 0 Å². The molecule has 0 saturated carbocycles. The van der Waals surface area contributed by atoms with Crippen LogP contribution < -0.4 is 5.32 Å². The number of aromatic nitrogens is 1. The Morgan fingerprint density at radius 1 is 1.47 bits per heavy atom. The second-order valence-electron chi connectivity index (χ2n) is 5.35. The monoisotopic (exact) mass is 270 g/mol. The molecule has 6 heteroatoms. The summed E-state index contributed by atoms with van der Waals surface area (Å²) in [6.45, 7) is 5.52. The molecule has 0 radical (unpaired) electrons. The predicted molar refractivity (Wildman–Crippen MR) is 71.0 cm³/mol. The molecule has 0 saturated heterocycles. The molecule has 0 fully saturated rings. The minimum atomic E-state index is -1.16. The molecule has 0 aliphatic rings. The van der Waals surface area contributed by atoms with Gasteiger partial charge in [0, 0.05) is 12.7 Å². The van der Waals surface area contributed by atoms with E-state index in [1.807, 2.05) is 0 Å². The first-order valence-corrected chi connectivity index (χ1v) is 6.17. The molecule has 0 aliphatic carbocycles. The van der Waals surface area contributed by atoms with Crippen LogP contribution in [0.15, 0.2) is 18.3 Å². The molecule has 0 bridgehead atoms. The van der Waals surface area contributed by atoms with E-state index in [1.54, 1.807) is 40.0 Å². The summed E-state index contributed by atoms with van der Waals surface area (Å²) in [5, 5.41) is 22.5. The number of nitrogens with zero attached hydrogens (tertiary/aromatic N) is 1. The third kappa shape index (κ3) is 4.34. The molecule has 6 nitrogen and oxygen atoms in total. The lowest BCUT2D eigenvalue weighted by atomic mass is 10.1. The van der Waals surface area contributed by atoms with E-state index < -0.39 is 23.9 Å². The van der Waals surface area contributed by atoms with Crippen molar-refractivity contribution in [2.75, 3.05) is 13.6 Å². The maximum atomic E-state index is 12.0. The number of likely N-dealkylation sites (N-methyl/N-ethyl adjacent to an activating group) is 1. The molecule has 0 aromatic carbocycles. The first-order chi connectivity index (χ1) is 8.76. The van der Waals surface area contributed by atoms with Crippen molar-refractivity contribution in [2.45, 2.75) is 38.6 Å². The van der Waals surface area contributed by atoms with Gasteiger partial charge in [-0.3, -0.25) is 4.57 Å². The number of hydrogen-bond donors (Lipinski definition) is 3. The topological polar surface area (TPSA) is 83.7 Å². The normalized spacial score (nSPS) is 15.1. The number of carbonyl (C=O) groups is 1. The zero-order valence-corrected chi connectivity index (χ0v) is 11.8. The second kappa shape index (κ2) is 6.18. The molecule has 1 aromatic heterocycles. The fourth-order valence-corrected chi connectivity index (χ4v) is 1.63. The standard InChI is InChI=1S/C13H22N2O4/c1-13(2,3)19-12(18)15-7-5-6-9(15)11(17)10(16)8-14-4/h5-7,10-11,14,16-17H,8H2,1-4H3.